The van der Waals surface area contributed by atoms with Crippen LogP contribution in [0.25, 0.3) is 17.2 Å². The predicted molar refractivity (Wildman–Crippen MR) is 71.8 cm³/mol. The van der Waals surface area contributed by atoms with Crippen molar-refractivity contribution in [3.63, 3.8) is 0 Å². The first-order valence-electron chi connectivity index (χ1n) is 6.42. The molecule has 0 unspecified atom stereocenters. The molecule has 0 aliphatic carbocycles. The van der Waals surface area contributed by atoms with Crippen LogP contribution in [0.5, 0.6) is 0 Å². The summed E-state index contributed by atoms with van der Waals surface area (Å²) in [5.74, 6) is 0.710. The number of para-hydroxylation sites is 2. The number of nitrogens with zero attached hydrogens (tertiary/aromatic N) is 1. The van der Waals surface area contributed by atoms with Gasteiger partial charge in [-0.2, -0.15) is 0 Å². The molecule has 0 radical (unpaired) electrons. The van der Waals surface area contributed by atoms with Crippen LogP contribution in [0.2, 0.25) is 0 Å². The molecule has 0 N–H and O–H groups in total. The molecule has 0 saturated carbocycles. The average molecular weight is 229 g/mol. The molecule has 1 aromatic heterocycles. The number of hydrogen-bond acceptors (Lipinski definition) is 2. The SMILES string of the molecule is CCCCCCC=Cc1nc2ccccc2o1. The number of benzene rings is 1. The number of oxazole rings is 1. The lowest BCUT2D eigenvalue weighted by molar-refractivity contribution is 0.588. The van der Waals surface area contributed by atoms with Gasteiger partial charge in [-0.05, 0) is 31.1 Å². The highest BCUT2D eigenvalue weighted by Gasteiger charge is 2.00. The zero-order valence-corrected chi connectivity index (χ0v) is 10.4. The van der Waals surface area contributed by atoms with E-state index in [4.69, 9.17) is 4.42 Å². The maximum absolute atomic E-state index is 5.60. The smallest absolute Gasteiger partial charge is 0.219 e. The number of unbranched alkanes of at least 4 members (excludes halogenated alkanes) is 4. The van der Waals surface area contributed by atoms with Gasteiger partial charge in [0.25, 0.3) is 0 Å². The zero-order chi connectivity index (χ0) is 11.9. The monoisotopic (exact) mass is 229 g/mol. The Hall–Kier alpha value is -1.57. The van der Waals surface area contributed by atoms with Crippen LogP contribution < -0.4 is 0 Å². The molecular formula is C15H19NO. The van der Waals surface area contributed by atoms with Gasteiger partial charge in [0.1, 0.15) is 5.52 Å². The van der Waals surface area contributed by atoms with E-state index in [1.165, 1.54) is 25.7 Å². The highest BCUT2D eigenvalue weighted by Crippen LogP contribution is 2.15. The molecule has 2 rings (SSSR count). The number of hydrogen-bond donors (Lipinski definition) is 0. The predicted octanol–water partition coefficient (Wildman–Crippen LogP) is 4.81. The molecule has 17 heavy (non-hydrogen) atoms. The topological polar surface area (TPSA) is 26.0 Å². The maximum Gasteiger partial charge on any atom is 0.219 e. The number of fused-ring (bicyclic) bond motifs is 1. The van der Waals surface area contributed by atoms with E-state index in [0.29, 0.717) is 5.89 Å². The minimum atomic E-state index is 0.710. The molecule has 90 valence electrons. The van der Waals surface area contributed by atoms with Crippen molar-refractivity contribution in [2.75, 3.05) is 0 Å². The Kier molecular flexibility index (Phi) is 4.37. The third-order valence-electron chi connectivity index (χ3n) is 2.80. The summed E-state index contributed by atoms with van der Waals surface area (Å²) in [6.45, 7) is 2.23. The second-order valence-corrected chi connectivity index (χ2v) is 4.27. The van der Waals surface area contributed by atoms with Gasteiger partial charge in [0, 0.05) is 0 Å². The molecule has 0 aliphatic rings. The Morgan fingerprint density at radius 1 is 1.18 bits per heavy atom. The van der Waals surface area contributed by atoms with Crippen molar-refractivity contribution in [3.05, 3.63) is 36.2 Å². The molecule has 1 aromatic carbocycles. The molecule has 0 saturated heterocycles. The third-order valence-corrected chi connectivity index (χ3v) is 2.80. The molecule has 0 fully saturated rings. The van der Waals surface area contributed by atoms with E-state index in [1.807, 2.05) is 30.3 Å². The van der Waals surface area contributed by atoms with Crippen molar-refractivity contribution >= 4 is 17.2 Å². The Morgan fingerprint density at radius 3 is 2.88 bits per heavy atom. The van der Waals surface area contributed by atoms with E-state index >= 15 is 0 Å². The highest BCUT2D eigenvalue weighted by atomic mass is 16.3. The Morgan fingerprint density at radius 2 is 2.06 bits per heavy atom. The summed E-state index contributed by atoms with van der Waals surface area (Å²) in [5.41, 5.74) is 1.79. The van der Waals surface area contributed by atoms with E-state index < -0.39 is 0 Å². The van der Waals surface area contributed by atoms with Crippen LogP contribution in [0.15, 0.2) is 34.8 Å². The van der Waals surface area contributed by atoms with Crippen LogP contribution in [0.4, 0.5) is 0 Å². The van der Waals surface area contributed by atoms with E-state index in [2.05, 4.69) is 18.0 Å². The van der Waals surface area contributed by atoms with Crippen molar-refractivity contribution in [1.29, 1.82) is 0 Å². The van der Waals surface area contributed by atoms with E-state index in [-0.39, 0.29) is 0 Å². The van der Waals surface area contributed by atoms with Crippen molar-refractivity contribution in [1.82, 2.24) is 4.98 Å². The van der Waals surface area contributed by atoms with Crippen LogP contribution >= 0.6 is 0 Å². The Labute approximate surface area is 102 Å². The van der Waals surface area contributed by atoms with Gasteiger partial charge in [0.2, 0.25) is 5.89 Å². The second kappa shape index (κ2) is 6.24. The summed E-state index contributed by atoms with van der Waals surface area (Å²) in [6, 6.07) is 7.85. The van der Waals surface area contributed by atoms with Gasteiger partial charge in [0.05, 0.1) is 0 Å². The molecule has 0 atom stereocenters. The maximum atomic E-state index is 5.60. The molecule has 0 aliphatic heterocycles. The first kappa shape index (κ1) is 11.9. The molecular weight excluding hydrogens is 210 g/mol. The van der Waals surface area contributed by atoms with Crippen LogP contribution in [-0.4, -0.2) is 4.98 Å². The van der Waals surface area contributed by atoms with Gasteiger partial charge in [0.15, 0.2) is 5.58 Å². The van der Waals surface area contributed by atoms with Gasteiger partial charge in [-0.25, -0.2) is 4.98 Å². The summed E-state index contributed by atoms with van der Waals surface area (Å²) in [4.78, 5) is 4.39. The normalized spacial score (nSPS) is 11.6. The number of rotatable bonds is 6. The molecule has 2 aromatic rings. The first-order valence-corrected chi connectivity index (χ1v) is 6.42. The lowest BCUT2D eigenvalue weighted by Crippen LogP contribution is -1.74. The van der Waals surface area contributed by atoms with Crippen molar-refractivity contribution < 1.29 is 4.42 Å². The van der Waals surface area contributed by atoms with Crippen molar-refractivity contribution in [3.8, 4) is 0 Å². The lowest BCUT2D eigenvalue weighted by Gasteiger charge is -1.93. The van der Waals surface area contributed by atoms with Gasteiger partial charge in [-0.1, -0.05) is 44.4 Å². The summed E-state index contributed by atoms with van der Waals surface area (Å²) >= 11 is 0. The lowest BCUT2D eigenvalue weighted by atomic mass is 10.1. The number of allylic oxidation sites excluding steroid dienone is 1. The van der Waals surface area contributed by atoms with Crippen molar-refractivity contribution in [2.24, 2.45) is 0 Å². The van der Waals surface area contributed by atoms with E-state index in [1.54, 1.807) is 0 Å². The molecule has 1 heterocycles. The minimum absolute atomic E-state index is 0.710. The molecule has 2 nitrogen and oxygen atoms in total. The number of aromatic nitrogens is 1. The standard InChI is InChI=1S/C15H19NO/c1-2-3-4-5-6-7-12-15-16-13-10-8-9-11-14(13)17-15/h7-12H,2-6H2,1H3. The molecule has 0 spiro atoms. The van der Waals surface area contributed by atoms with E-state index in [9.17, 15) is 0 Å². The molecule has 0 amide bonds. The second-order valence-electron chi connectivity index (χ2n) is 4.27. The fraction of sp³-hybridized carbons (Fsp3) is 0.400. The Bertz CT molecular complexity index is 451. The average Bonchev–Trinajstić information content (AvgIpc) is 2.76. The summed E-state index contributed by atoms with van der Waals surface area (Å²) in [5, 5.41) is 0. The van der Waals surface area contributed by atoms with Gasteiger partial charge < -0.3 is 4.42 Å². The quantitative estimate of drug-likeness (QED) is 0.664. The van der Waals surface area contributed by atoms with Crippen LogP contribution in [0.3, 0.4) is 0 Å². The largest absolute Gasteiger partial charge is 0.437 e. The summed E-state index contributed by atoms with van der Waals surface area (Å²) < 4.78 is 5.60. The Balaban J connectivity index is 1.87. The molecule has 2 heteroatoms. The third kappa shape index (κ3) is 3.45. The van der Waals surface area contributed by atoms with Gasteiger partial charge >= 0.3 is 0 Å². The van der Waals surface area contributed by atoms with Crippen LogP contribution in [0.1, 0.15) is 44.9 Å². The van der Waals surface area contributed by atoms with Gasteiger partial charge in [-0.15, -0.1) is 0 Å². The highest BCUT2D eigenvalue weighted by molar-refractivity contribution is 5.73. The molecule has 0 bridgehead atoms. The van der Waals surface area contributed by atoms with Crippen LogP contribution in [0, 0.1) is 0 Å². The van der Waals surface area contributed by atoms with Crippen LogP contribution in [-0.2, 0) is 0 Å². The van der Waals surface area contributed by atoms with Gasteiger partial charge in [-0.3, -0.25) is 0 Å². The minimum Gasteiger partial charge on any atom is -0.437 e. The summed E-state index contributed by atoms with van der Waals surface area (Å²) in [6.07, 6.45) is 10.4. The van der Waals surface area contributed by atoms with Crippen molar-refractivity contribution in [2.45, 2.75) is 39.0 Å². The fourth-order valence-electron chi connectivity index (χ4n) is 1.83. The summed E-state index contributed by atoms with van der Waals surface area (Å²) in [7, 11) is 0. The fourth-order valence-corrected chi connectivity index (χ4v) is 1.83. The first-order chi connectivity index (χ1) is 8.40. The zero-order valence-electron chi connectivity index (χ0n) is 10.4. The van der Waals surface area contributed by atoms with E-state index in [0.717, 1.165) is 17.5 Å².